The van der Waals surface area contributed by atoms with Crippen LogP contribution < -0.4 is 5.73 Å². The maximum Gasteiger partial charge on any atom is 0.0746 e. The lowest BCUT2D eigenvalue weighted by Gasteiger charge is -2.41. The first-order chi connectivity index (χ1) is 6.91. The Bertz CT molecular complexity index is 200. The summed E-state index contributed by atoms with van der Waals surface area (Å²) in [5.74, 6) is 0. The van der Waals surface area contributed by atoms with Crippen LogP contribution in [0.4, 0.5) is 0 Å². The van der Waals surface area contributed by atoms with Gasteiger partial charge < -0.3 is 10.8 Å². The molecule has 0 aliphatic carbocycles. The Balaban J connectivity index is 2.51. The van der Waals surface area contributed by atoms with E-state index in [4.69, 9.17) is 5.73 Å². The molecular weight excluding hydrogens is 188 g/mol. The molecule has 1 aliphatic rings. The van der Waals surface area contributed by atoms with E-state index in [2.05, 4.69) is 18.7 Å². The summed E-state index contributed by atoms with van der Waals surface area (Å²) >= 11 is 0. The van der Waals surface area contributed by atoms with Crippen molar-refractivity contribution < 1.29 is 5.11 Å². The second-order valence-electron chi connectivity index (χ2n) is 5.68. The number of hydrogen-bond acceptors (Lipinski definition) is 3. The summed E-state index contributed by atoms with van der Waals surface area (Å²) < 4.78 is 0. The normalized spacial score (nSPS) is 32.6. The molecule has 0 spiro atoms. The van der Waals surface area contributed by atoms with Gasteiger partial charge in [-0.1, -0.05) is 13.8 Å². The van der Waals surface area contributed by atoms with E-state index in [0.717, 1.165) is 45.4 Å². The predicted molar refractivity (Wildman–Crippen MR) is 63.8 cm³/mol. The molecule has 0 saturated carbocycles. The van der Waals surface area contributed by atoms with E-state index in [1.54, 1.807) is 0 Å². The number of β-amino-alcohol motifs (C(OH)–C–C–N with tert-alkyl or cyclic N) is 1. The van der Waals surface area contributed by atoms with Crippen molar-refractivity contribution in [3.05, 3.63) is 0 Å². The highest BCUT2D eigenvalue weighted by Gasteiger charge is 2.32. The van der Waals surface area contributed by atoms with E-state index in [1.165, 1.54) is 0 Å². The van der Waals surface area contributed by atoms with Crippen LogP contribution in [0.3, 0.4) is 0 Å². The highest BCUT2D eigenvalue weighted by atomic mass is 16.3. The van der Waals surface area contributed by atoms with Gasteiger partial charge in [-0.2, -0.15) is 0 Å². The monoisotopic (exact) mass is 214 g/mol. The van der Waals surface area contributed by atoms with Crippen LogP contribution in [0.5, 0.6) is 0 Å². The standard InChI is InChI=1S/C12H26N2O/c1-4-11(2,8-13)9-14-7-5-6-12(3,15)10-14/h15H,4-10,13H2,1-3H3. The zero-order valence-corrected chi connectivity index (χ0v) is 10.4. The number of nitrogens with two attached hydrogens (primary N) is 1. The SMILES string of the molecule is CCC(C)(CN)CN1CCCC(C)(O)C1. The molecule has 3 nitrogen and oxygen atoms in total. The third-order valence-electron chi connectivity index (χ3n) is 3.71. The molecule has 1 fully saturated rings. The van der Waals surface area contributed by atoms with E-state index in [9.17, 15) is 5.11 Å². The molecule has 3 heteroatoms. The smallest absolute Gasteiger partial charge is 0.0746 e. The number of hydrogen-bond donors (Lipinski definition) is 2. The van der Waals surface area contributed by atoms with Crippen molar-refractivity contribution in [2.45, 2.75) is 45.6 Å². The fourth-order valence-corrected chi connectivity index (χ4v) is 2.32. The highest BCUT2D eigenvalue weighted by molar-refractivity contribution is 4.86. The van der Waals surface area contributed by atoms with Crippen molar-refractivity contribution in [2.24, 2.45) is 11.1 Å². The van der Waals surface area contributed by atoms with Gasteiger partial charge >= 0.3 is 0 Å². The van der Waals surface area contributed by atoms with Gasteiger partial charge in [0, 0.05) is 13.1 Å². The molecule has 3 N–H and O–H groups in total. The molecule has 2 unspecified atom stereocenters. The molecular formula is C12H26N2O. The van der Waals surface area contributed by atoms with E-state index in [-0.39, 0.29) is 5.41 Å². The molecule has 2 atom stereocenters. The molecule has 90 valence electrons. The molecule has 1 aliphatic heterocycles. The largest absolute Gasteiger partial charge is 0.389 e. The summed E-state index contributed by atoms with van der Waals surface area (Å²) in [4.78, 5) is 2.36. The van der Waals surface area contributed by atoms with Crippen LogP contribution >= 0.6 is 0 Å². The summed E-state index contributed by atoms with van der Waals surface area (Å²) in [6, 6.07) is 0. The quantitative estimate of drug-likeness (QED) is 0.739. The molecule has 0 aromatic rings. The van der Waals surface area contributed by atoms with Gasteiger partial charge in [-0.05, 0) is 44.7 Å². The number of piperidine rings is 1. The Hall–Kier alpha value is -0.120. The van der Waals surface area contributed by atoms with E-state index in [0.29, 0.717) is 0 Å². The van der Waals surface area contributed by atoms with Gasteiger partial charge in [-0.3, -0.25) is 4.90 Å². The Morgan fingerprint density at radius 2 is 2.20 bits per heavy atom. The van der Waals surface area contributed by atoms with Gasteiger partial charge in [-0.25, -0.2) is 0 Å². The minimum atomic E-state index is -0.499. The van der Waals surface area contributed by atoms with Crippen LogP contribution in [0, 0.1) is 5.41 Å². The summed E-state index contributed by atoms with van der Waals surface area (Å²) in [7, 11) is 0. The molecule has 0 radical (unpaired) electrons. The molecule has 0 bridgehead atoms. The van der Waals surface area contributed by atoms with Gasteiger partial charge in [0.15, 0.2) is 0 Å². The summed E-state index contributed by atoms with van der Waals surface area (Å²) in [6.45, 7) is 9.99. The fourth-order valence-electron chi connectivity index (χ4n) is 2.32. The van der Waals surface area contributed by atoms with Crippen LogP contribution in [-0.4, -0.2) is 41.8 Å². The first kappa shape index (κ1) is 12.9. The third kappa shape index (κ3) is 3.74. The summed E-state index contributed by atoms with van der Waals surface area (Å²) in [5.41, 5.74) is 5.52. The fraction of sp³-hybridized carbons (Fsp3) is 1.00. The number of likely N-dealkylation sites (tertiary alicyclic amines) is 1. The lowest BCUT2D eigenvalue weighted by Crippen LogP contribution is -2.50. The summed E-state index contributed by atoms with van der Waals surface area (Å²) in [5, 5.41) is 10.0. The minimum Gasteiger partial charge on any atom is -0.389 e. The lowest BCUT2D eigenvalue weighted by atomic mass is 9.85. The number of nitrogens with zero attached hydrogens (tertiary/aromatic N) is 1. The molecule has 15 heavy (non-hydrogen) atoms. The second kappa shape index (κ2) is 4.81. The number of aliphatic hydroxyl groups is 1. The highest BCUT2D eigenvalue weighted by Crippen LogP contribution is 2.26. The van der Waals surface area contributed by atoms with Crippen molar-refractivity contribution in [3.63, 3.8) is 0 Å². The van der Waals surface area contributed by atoms with Crippen molar-refractivity contribution in [3.8, 4) is 0 Å². The van der Waals surface area contributed by atoms with Crippen LogP contribution in [0.2, 0.25) is 0 Å². The van der Waals surface area contributed by atoms with E-state index in [1.807, 2.05) is 6.92 Å². The van der Waals surface area contributed by atoms with Crippen molar-refractivity contribution >= 4 is 0 Å². The van der Waals surface area contributed by atoms with Crippen molar-refractivity contribution in [1.82, 2.24) is 4.90 Å². The van der Waals surface area contributed by atoms with Crippen LogP contribution in [0.1, 0.15) is 40.0 Å². The van der Waals surface area contributed by atoms with E-state index >= 15 is 0 Å². The molecule has 1 heterocycles. The van der Waals surface area contributed by atoms with Gasteiger partial charge in [0.1, 0.15) is 0 Å². The Morgan fingerprint density at radius 1 is 1.53 bits per heavy atom. The average Bonchev–Trinajstić information content (AvgIpc) is 2.16. The van der Waals surface area contributed by atoms with Crippen molar-refractivity contribution in [2.75, 3.05) is 26.2 Å². The van der Waals surface area contributed by atoms with E-state index < -0.39 is 5.60 Å². The van der Waals surface area contributed by atoms with Gasteiger partial charge in [0.25, 0.3) is 0 Å². The summed E-state index contributed by atoms with van der Waals surface area (Å²) in [6.07, 6.45) is 3.12. The topological polar surface area (TPSA) is 49.5 Å². The lowest BCUT2D eigenvalue weighted by molar-refractivity contribution is -0.0266. The molecule has 0 amide bonds. The Labute approximate surface area is 93.6 Å². The maximum absolute atomic E-state index is 10.0. The Morgan fingerprint density at radius 3 is 2.67 bits per heavy atom. The van der Waals surface area contributed by atoms with Crippen LogP contribution in [-0.2, 0) is 0 Å². The zero-order valence-electron chi connectivity index (χ0n) is 10.4. The van der Waals surface area contributed by atoms with Gasteiger partial charge in [0.2, 0.25) is 0 Å². The first-order valence-electron chi connectivity index (χ1n) is 6.06. The van der Waals surface area contributed by atoms with Crippen LogP contribution in [0.15, 0.2) is 0 Å². The number of rotatable bonds is 4. The average molecular weight is 214 g/mol. The van der Waals surface area contributed by atoms with Gasteiger partial charge in [-0.15, -0.1) is 0 Å². The first-order valence-corrected chi connectivity index (χ1v) is 6.06. The second-order valence-corrected chi connectivity index (χ2v) is 5.68. The van der Waals surface area contributed by atoms with Crippen molar-refractivity contribution in [1.29, 1.82) is 0 Å². The van der Waals surface area contributed by atoms with Gasteiger partial charge in [0.05, 0.1) is 5.60 Å². The molecule has 0 aromatic heterocycles. The third-order valence-corrected chi connectivity index (χ3v) is 3.71. The molecule has 0 aromatic carbocycles. The maximum atomic E-state index is 10.0. The zero-order chi connectivity index (χ0) is 11.5. The molecule has 1 rings (SSSR count). The molecule has 1 saturated heterocycles. The Kier molecular flexibility index (Phi) is 4.15. The minimum absolute atomic E-state index is 0.202. The predicted octanol–water partition coefficient (Wildman–Crippen LogP) is 1.21. The van der Waals surface area contributed by atoms with Crippen LogP contribution in [0.25, 0.3) is 0 Å².